The van der Waals surface area contributed by atoms with Gasteiger partial charge in [-0.1, -0.05) is 35.9 Å². The van der Waals surface area contributed by atoms with Crippen molar-refractivity contribution in [1.82, 2.24) is 15.1 Å². The second kappa shape index (κ2) is 9.31. The summed E-state index contributed by atoms with van der Waals surface area (Å²) in [5.74, 6) is 0.147. The van der Waals surface area contributed by atoms with Gasteiger partial charge in [-0.3, -0.25) is 14.6 Å². The molecule has 0 saturated carbocycles. The van der Waals surface area contributed by atoms with Gasteiger partial charge in [0.25, 0.3) is 0 Å². The Hall–Kier alpha value is -1.69. The first kappa shape index (κ1) is 19.1. The summed E-state index contributed by atoms with van der Waals surface area (Å²) in [6.07, 6.45) is 0.917. The van der Waals surface area contributed by atoms with E-state index >= 15 is 0 Å². The van der Waals surface area contributed by atoms with Crippen molar-refractivity contribution in [2.24, 2.45) is 0 Å². The Balaban J connectivity index is 1.39. The van der Waals surface area contributed by atoms with Gasteiger partial charge in [0.2, 0.25) is 5.91 Å². The number of nitrogens with one attached hydrogen (secondary N) is 1. The normalized spacial score (nSPS) is 17.2. The van der Waals surface area contributed by atoms with Gasteiger partial charge in [-0.25, -0.2) is 0 Å². The van der Waals surface area contributed by atoms with Crippen LogP contribution in [0.4, 0.5) is 0 Å². The van der Waals surface area contributed by atoms with Crippen molar-refractivity contribution in [3.05, 3.63) is 57.8 Å². The number of thiophene rings is 1. The largest absolute Gasteiger partial charge is 0.354 e. The van der Waals surface area contributed by atoms with Crippen molar-refractivity contribution in [3.8, 4) is 0 Å². The zero-order chi connectivity index (χ0) is 18.4. The van der Waals surface area contributed by atoms with Gasteiger partial charge in [-0.05, 0) is 37.3 Å². The number of carbonyl (C=O) groups is 1. The minimum atomic E-state index is -0.0561. The number of nitrogens with zero attached hydrogens (tertiary/aromatic N) is 2. The fraction of sp³-hybridized carbons (Fsp3) is 0.476. The second-order valence-corrected chi connectivity index (χ2v) is 8.13. The average molecular weight is 372 g/mol. The van der Waals surface area contributed by atoms with E-state index in [1.807, 2.05) is 6.92 Å². The molecule has 1 amide bonds. The molecule has 1 fully saturated rings. The molecule has 2 heterocycles. The Bertz CT molecular complexity index is 693. The number of aryl methyl sites for hydroxylation is 1. The molecule has 0 radical (unpaired) electrons. The number of hydrogen-bond donors (Lipinski definition) is 1. The summed E-state index contributed by atoms with van der Waals surface area (Å²) >= 11 is 1.75. The highest BCUT2D eigenvalue weighted by Crippen LogP contribution is 2.12. The smallest absolute Gasteiger partial charge is 0.237 e. The van der Waals surface area contributed by atoms with E-state index in [4.69, 9.17) is 0 Å². The van der Waals surface area contributed by atoms with Gasteiger partial charge >= 0.3 is 0 Å². The van der Waals surface area contributed by atoms with E-state index in [9.17, 15) is 4.79 Å². The topological polar surface area (TPSA) is 35.6 Å². The summed E-state index contributed by atoms with van der Waals surface area (Å²) in [5, 5.41) is 5.17. The third-order valence-corrected chi connectivity index (χ3v) is 6.01. The van der Waals surface area contributed by atoms with Gasteiger partial charge in [0.15, 0.2) is 0 Å². The molecular formula is C21H29N3OS. The van der Waals surface area contributed by atoms with Crippen molar-refractivity contribution in [1.29, 1.82) is 0 Å². The number of rotatable bonds is 7. The van der Waals surface area contributed by atoms with Crippen LogP contribution in [0.1, 0.15) is 22.9 Å². The first-order valence-corrected chi connectivity index (χ1v) is 10.3. The van der Waals surface area contributed by atoms with E-state index in [1.165, 1.54) is 16.0 Å². The Morgan fingerprint density at radius 3 is 2.69 bits per heavy atom. The quantitative estimate of drug-likeness (QED) is 0.813. The lowest BCUT2D eigenvalue weighted by Gasteiger charge is -2.37. The van der Waals surface area contributed by atoms with E-state index in [2.05, 4.69) is 63.8 Å². The Morgan fingerprint density at radius 1 is 1.19 bits per heavy atom. The zero-order valence-corrected chi connectivity index (χ0v) is 16.6. The van der Waals surface area contributed by atoms with Gasteiger partial charge in [0.05, 0.1) is 6.04 Å². The summed E-state index contributed by atoms with van der Waals surface area (Å²) in [4.78, 5) is 18.5. The lowest BCUT2D eigenvalue weighted by atomic mass is 10.1. The molecular weight excluding hydrogens is 342 g/mol. The number of hydrogen-bond acceptors (Lipinski definition) is 4. The SMILES string of the molecule is Cc1cccc(CN2CCN([C@@H](C)C(=O)NCCc3cccs3)CC2)c1. The second-order valence-electron chi connectivity index (χ2n) is 7.10. The molecule has 1 atom stereocenters. The Kier molecular flexibility index (Phi) is 6.83. The molecule has 0 bridgehead atoms. The third-order valence-electron chi connectivity index (χ3n) is 5.07. The maximum atomic E-state index is 12.4. The lowest BCUT2D eigenvalue weighted by Crippen LogP contribution is -2.53. The van der Waals surface area contributed by atoms with E-state index in [1.54, 1.807) is 11.3 Å². The van der Waals surface area contributed by atoms with Crippen LogP contribution in [0.25, 0.3) is 0 Å². The molecule has 0 aliphatic carbocycles. The van der Waals surface area contributed by atoms with Crippen LogP contribution in [0.5, 0.6) is 0 Å². The standard InChI is InChI=1S/C21H29N3OS/c1-17-5-3-6-19(15-17)16-23-10-12-24(13-11-23)18(2)21(25)22-9-8-20-7-4-14-26-20/h3-7,14-15,18H,8-13,16H2,1-2H3,(H,22,25)/t18-/m0/s1. The van der Waals surface area contributed by atoms with Crippen LogP contribution in [0, 0.1) is 6.92 Å². The van der Waals surface area contributed by atoms with Crippen LogP contribution >= 0.6 is 11.3 Å². The molecule has 26 heavy (non-hydrogen) atoms. The highest BCUT2D eigenvalue weighted by molar-refractivity contribution is 7.09. The zero-order valence-electron chi connectivity index (χ0n) is 15.8. The van der Waals surface area contributed by atoms with E-state index in [0.29, 0.717) is 0 Å². The molecule has 1 aromatic carbocycles. The summed E-state index contributed by atoms with van der Waals surface area (Å²) < 4.78 is 0. The molecule has 3 rings (SSSR count). The van der Waals surface area contributed by atoms with E-state index in [0.717, 1.165) is 45.7 Å². The fourth-order valence-corrected chi connectivity index (χ4v) is 4.16. The maximum Gasteiger partial charge on any atom is 0.237 e. The molecule has 0 spiro atoms. The van der Waals surface area contributed by atoms with Crippen LogP contribution in [-0.4, -0.2) is 54.5 Å². The van der Waals surface area contributed by atoms with Gasteiger partial charge in [0.1, 0.15) is 0 Å². The minimum absolute atomic E-state index is 0.0561. The summed E-state index contributed by atoms with van der Waals surface area (Å²) in [7, 11) is 0. The van der Waals surface area contributed by atoms with Crippen molar-refractivity contribution in [3.63, 3.8) is 0 Å². The summed E-state index contributed by atoms with van der Waals surface area (Å²) in [5.41, 5.74) is 2.69. The third kappa shape index (κ3) is 5.40. The molecule has 1 aliphatic heterocycles. The molecule has 4 nitrogen and oxygen atoms in total. The van der Waals surface area contributed by atoms with Crippen LogP contribution in [0.15, 0.2) is 41.8 Å². The van der Waals surface area contributed by atoms with Gasteiger partial charge in [0, 0.05) is 44.1 Å². The average Bonchev–Trinajstić information content (AvgIpc) is 3.15. The number of benzene rings is 1. The minimum Gasteiger partial charge on any atom is -0.354 e. The van der Waals surface area contributed by atoms with Gasteiger partial charge < -0.3 is 5.32 Å². The first-order valence-electron chi connectivity index (χ1n) is 9.44. The van der Waals surface area contributed by atoms with Crippen LogP contribution in [0.3, 0.4) is 0 Å². The van der Waals surface area contributed by atoms with Gasteiger partial charge in [-0.15, -0.1) is 11.3 Å². The molecule has 5 heteroatoms. The molecule has 1 aromatic heterocycles. The number of amides is 1. The highest BCUT2D eigenvalue weighted by atomic mass is 32.1. The monoisotopic (exact) mass is 371 g/mol. The van der Waals surface area contributed by atoms with Crippen molar-refractivity contribution >= 4 is 17.2 Å². The molecule has 140 valence electrons. The number of piperazine rings is 1. The van der Waals surface area contributed by atoms with Crippen LogP contribution in [-0.2, 0) is 17.8 Å². The van der Waals surface area contributed by atoms with E-state index < -0.39 is 0 Å². The lowest BCUT2D eigenvalue weighted by molar-refractivity contribution is -0.126. The predicted molar refractivity (Wildman–Crippen MR) is 109 cm³/mol. The molecule has 1 saturated heterocycles. The molecule has 2 aromatic rings. The van der Waals surface area contributed by atoms with Gasteiger partial charge in [-0.2, -0.15) is 0 Å². The Morgan fingerprint density at radius 2 is 2.00 bits per heavy atom. The van der Waals surface area contributed by atoms with E-state index in [-0.39, 0.29) is 11.9 Å². The fourth-order valence-electron chi connectivity index (χ4n) is 3.45. The summed E-state index contributed by atoms with van der Waals surface area (Å²) in [6, 6.07) is 12.8. The predicted octanol–water partition coefficient (Wildman–Crippen LogP) is 2.92. The summed E-state index contributed by atoms with van der Waals surface area (Å²) in [6.45, 7) is 9.81. The first-order chi connectivity index (χ1) is 12.6. The van der Waals surface area contributed by atoms with Crippen molar-refractivity contribution < 1.29 is 4.79 Å². The van der Waals surface area contributed by atoms with Crippen LogP contribution in [0.2, 0.25) is 0 Å². The van der Waals surface area contributed by atoms with Crippen LogP contribution < -0.4 is 5.32 Å². The molecule has 0 unspecified atom stereocenters. The Labute approximate surface area is 160 Å². The van der Waals surface area contributed by atoms with Crippen molar-refractivity contribution in [2.75, 3.05) is 32.7 Å². The highest BCUT2D eigenvalue weighted by Gasteiger charge is 2.25. The maximum absolute atomic E-state index is 12.4. The van der Waals surface area contributed by atoms with Crippen molar-refractivity contribution in [2.45, 2.75) is 32.9 Å². The molecule has 1 aliphatic rings. The molecule has 1 N–H and O–H groups in total. The number of carbonyl (C=O) groups excluding carboxylic acids is 1.